The maximum absolute atomic E-state index is 12.0. The summed E-state index contributed by atoms with van der Waals surface area (Å²) in [7, 11) is 0. The summed E-state index contributed by atoms with van der Waals surface area (Å²) in [5.74, 6) is -0.00282. The van der Waals surface area contributed by atoms with Crippen LogP contribution in [0, 0.1) is 0 Å². The predicted molar refractivity (Wildman–Crippen MR) is 78.5 cm³/mol. The Bertz CT molecular complexity index is 571. The zero-order chi connectivity index (χ0) is 14.4. The Hall–Kier alpha value is -2.22. The van der Waals surface area contributed by atoms with Crippen molar-refractivity contribution in [3.8, 4) is 0 Å². The van der Waals surface area contributed by atoms with Gasteiger partial charge in [0.1, 0.15) is 17.0 Å². The zero-order valence-electron chi connectivity index (χ0n) is 11.1. The average molecular weight is 292 g/mol. The first-order valence-electron chi connectivity index (χ1n) is 6.24. The number of carbonyl (C=O) groups excluding carboxylic acids is 1. The summed E-state index contributed by atoms with van der Waals surface area (Å²) in [4.78, 5) is 24.4. The maximum Gasteiger partial charge on any atom is 0.265 e. The number of thiazole rings is 1. The van der Waals surface area contributed by atoms with Crippen molar-refractivity contribution in [3.05, 3.63) is 29.2 Å². The van der Waals surface area contributed by atoms with Crippen LogP contribution < -0.4 is 16.4 Å². The SMILES string of the molecule is CCCNc1nc(N)c(C(=O)NCc2ccncn2)s1. The van der Waals surface area contributed by atoms with Gasteiger partial charge >= 0.3 is 0 Å². The number of anilines is 2. The molecule has 0 unspecified atom stereocenters. The molecular weight excluding hydrogens is 276 g/mol. The third-order valence-corrected chi connectivity index (χ3v) is 3.49. The Kier molecular flexibility index (Phi) is 4.83. The Morgan fingerprint density at radius 2 is 2.35 bits per heavy atom. The van der Waals surface area contributed by atoms with Crippen LogP contribution in [0.25, 0.3) is 0 Å². The van der Waals surface area contributed by atoms with Gasteiger partial charge in [-0.1, -0.05) is 18.3 Å². The number of nitrogens with one attached hydrogen (secondary N) is 2. The van der Waals surface area contributed by atoms with E-state index < -0.39 is 0 Å². The van der Waals surface area contributed by atoms with Crippen LogP contribution in [-0.2, 0) is 6.54 Å². The number of amides is 1. The minimum absolute atomic E-state index is 0.244. The largest absolute Gasteiger partial charge is 0.382 e. The van der Waals surface area contributed by atoms with Crippen LogP contribution in [0.3, 0.4) is 0 Å². The molecule has 0 atom stereocenters. The fourth-order valence-electron chi connectivity index (χ4n) is 1.48. The molecule has 4 N–H and O–H groups in total. The van der Waals surface area contributed by atoms with Crippen LogP contribution in [-0.4, -0.2) is 27.4 Å². The molecule has 0 saturated heterocycles. The van der Waals surface area contributed by atoms with Crippen LogP contribution >= 0.6 is 11.3 Å². The quantitative estimate of drug-likeness (QED) is 0.740. The molecule has 0 fully saturated rings. The van der Waals surface area contributed by atoms with E-state index in [1.54, 1.807) is 12.3 Å². The molecule has 2 aromatic heterocycles. The second-order valence-electron chi connectivity index (χ2n) is 4.04. The van der Waals surface area contributed by atoms with Crippen molar-refractivity contribution < 1.29 is 4.79 Å². The fourth-order valence-corrected chi connectivity index (χ4v) is 2.30. The van der Waals surface area contributed by atoms with Crippen molar-refractivity contribution in [1.82, 2.24) is 20.3 Å². The highest BCUT2D eigenvalue weighted by atomic mass is 32.1. The number of hydrogen-bond acceptors (Lipinski definition) is 7. The van der Waals surface area contributed by atoms with E-state index in [1.165, 1.54) is 17.7 Å². The van der Waals surface area contributed by atoms with Gasteiger partial charge in [0.25, 0.3) is 5.91 Å². The third-order valence-electron chi connectivity index (χ3n) is 2.46. The van der Waals surface area contributed by atoms with Crippen LogP contribution in [0.5, 0.6) is 0 Å². The van der Waals surface area contributed by atoms with Crippen LogP contribution in [0.15, 0.2) is 18.6 Å². The molecule has 0 aliphatic heterocycles. The second-order valence-corrected chi connectivity index (χ2v) is 5.04. The van der Waals surface area contributed by atoms with Gasteiger partial charge in [-0.05, 0) is 12.5 Å². The van der Waals surface area contributed by atoms with Gasteiger partial charge in [0, 0.05) is 12.7 Å². The summed E-state index contributed by atoms with van der Waals surface area (Å²) in [6, 6.07) is 1.74. The van der Waals surface area contributed by atoms with Crippen LogP contribution in [0.4, 0.5) is 10.9 Å². The van der Waals surface area contributed by atoms with E-state index in [4.69, 9.17) is 5.73 Å². The Balaban J connectivity index is 1.96. The first kappa shape index (κ1) is 14.2. The van der Waals surface area contributed by atoms with Gasteiger partial charge in [-0.15, -0.1) is 0 Å². The fraction of sp³-hybridized carbons (Fsp3) is 0.333. The molecule has 0 aromatic carbocycles. The van der Waals surface area contributed by atoms with Gasteiger partial charge in [0.15, 0.2) is 5.13 Å². The maximum atomic E-state index is 12.0. The van der Waals surface area contributed by atoms with E-state index in [0.717, 1.165) is 18.7 Å². The zero-order valence-corrected chi connectivity index (χ0v) is 11.9. The lowest BCUT2D eigenvalue weighted by molar-refractivity contribution is 0.0955. The first-order chi connectivity index (χ1) is 9.70. The first-order valence-corrected chi connectivity index (χ1v) is 7.05. The van der Waals surface area contributed by atoms with Crippen molar-refractivity contribution in [1.29, 1.82) is 0 Å². The molecule has 2 heterocycles. The number of nitrogens with zero attached hydrogens (tertiary/aromatic N) is 3. The molecule has 0 saturated carbocycles. The van der Waals surface area contributed by atoms with Crippen LogP contribution in [0.2, 0.25) is 0 Å². The highest BCUT2D eigenvalue weighted by molar-refractivity contribution is 7.18. The van der Waals surface area contributed by atoms with Crippen molar-refractivity contribution in [2.24, 2.45) is 0 Å². The van der Waals surface area contributed by atoms with E-state index in [1.807, 2.05) is 0 Å². The molecule has 0 radical (unpaired) electrons. The number of nitrogen functional groups attached to an aromatic ring is 1. The Labute approximate surface area is 120 Å². The molecular formula is C12H16N6OS. The Morgan fingerprint density at radius 1 is 1.50 bits per heavy atom. The topological polar surface area (TPSA) is 106 Å². The summed E-state index contributed by atoms with van der Waals surface area (Å²) in [5.41, 5.74) is 6.49. The lowest BCUT2D eigenvalue weighted by atomic mass is 10.4. The molecule has 0 aliphatic carbocycles. The van der Waals surface area contributed by atoms with Gasteiger partial charge < -0.3 is 16.4 Å². The molecule has 8 heteroatoms. The van der Waals surface area contributed by atoms with E-state index in [2.05, 4.69) is 32.5 Å². The standard InChI is InChI=1S/C12H16N6OS/c1-2-4-15-12-18-10(13)9(20-12)11(19)16-6-8-3-5-14-7-17-8/h3,5,7H,2,4,6,13H2,1H3,(H,15,18)(H,16,19). The van der Waals surface area contributed by atoms with Gasteiger partial charge in [0.05, 0.1) is 12.2 Å². The van der Waals surface area contributed by atoms with E-state index in [-0.39, 0.29) is 11.7 Å². The highest BCUT2D eigenvalue weighted by Crippen LogP contribution is 2.24. The van der Waals surface area contributed by atoms with Crippen molar-refractivity contribution in [2.45, 2.75) is 19.9 Å². The molecule has 0 aliphatic rings. The Morgan fingerprint density at radius 3 is 3.05 bits per heavy atom. The molecule has 0 bridgehead atoms. The summed E-state index contributed by atoms with van der Waals surface area (Å²) in [6.45, 7) is 3.19. The number of aromatic nitrogens is 3. The minimum atomic E-state index is -0.247. The van der Waals surface area contributed by atoms with Gasteiger partial charge in [-0.25, -0.2) is 15.0 Å². The van der Waals surface area contributed by atoms with E-state index in [9.17, 15) is 4.79 Å². The minimum Gasteiger partial charge on any atom is -0.382 e. The number of rotatable bonds is 6. The smallest absolute Gasteiger partial charge is 0.265 e. The molecule has 106 valence electrons. The second kappa shape index (κ2) is 6.80. The van der Waals surface area contributed by atoms with E-state index in [0.29, 0.717) is 16.6 Å². The lowest BCUT2D eigenvalue weighted by Crippen LogP contribution is -2.23. The van der Waals surface area contributed by atoms with Crippen molar-refractivity contribution in [3.63, 3.8) is 0 Å². The molecule has 1 amide bonds. The summed E-state index contributed by atoms with van der Waals surface area (Å²) in [5, 5.41) is 6.53. The summed E-state index contributed by atoms with van der Waals surface area (Å²) in [6.07, 6.45) is 4.05. The lowest BCUT2D eigenvalue weighted by Gasteiger charge is -2.02. The van der Waals surface area contributed by atoms with Gasteiger partial charge in [-0.3, -0.25) is 4.79 Å². The molecule has 20 heavy (non-hydrogen) atoms. The van der Waals surface area contributed by atoms with E-state index >= 15 is 0 Å². The third kappa shape index (κ3) is 3.64. The monoisotopic (exact) mass is 292 g/mol. The van der Waals surface area contributed by atoms with Crippen LogP contribution in [0.1, 0.15) is 28.7 Å². The van der Waals surface area contributed by atoms with Gasteiger partial charge in [-0.2, -0.15) is 0 Å². The average Bonchev–Trinajstić information content (AvgIpc) is 2.85. The number of hydrogen-bond donors (Lipinski definition) is 3. The molecule has 2 aromatic rings. The molecule has 2 rings (SSSR count). The highest BCUT2D eigenvalue weighted by Gasteiger charge is 2.15. The van der Waals surface area contributed by atoms with Gasteiger partial charge in [0.2, 0.25) is 0 Å². The normalized spacial score (nSPS) is 10.2. The molecule has 0 spiro atoms. The predicted octanol–water partition coefficient (Wildman–Crippen LogP) is 1.27. The molecule has 7 nitrogen and oxygen atoms in total. The summed E-state index contributed by atoms with van der Waals surface area (Å²) >= 11 is 1.25. The summed E-state index contributed by atoms with van der Waals surface area (Å²) < 4.78 is 0. The van der Waals surface area contributed by atoms with Crippen molar-refractivity contribution >= 4 is 28.2 Å². The number of nitrogens with two attached hydrogens (primary N) is 1. The number of carbonyl (C=O) groups is 1. The van der Waals surface area contributed by atoms with Crippen molar-refractivity contribution in [2.75, 3.05) is 17.6 Å².